The predicted octanol–water partition coefficient (Wildman–Crippen LogP) is 4.63. The van der Waals surface area contributed by atoms with E-state index in [1.54, 1.807) is 36.4 Å². The molecule has 0 spiro atoms. The van der Waals surface area contributed by atoms with E-state index in [0.717, 1.165) is 17.3 Å². The third-order valence-electron chi connectivity index (χ3n) is 3.60. The Morgan fingerprint density at radius 3 is 2.50 bits per heavy atom. The monoisotopic (exact) mass is 418 g/mol. The number of hydrogen-bond acceptors (Lipinski definition) is 3. The second-order valence-corrected chi connectivity index (χ2v) is 6.66. The molecule has 0 aliphatic carbocycles. The first kappa shape index (κ1) is 20.0. The van der Waals surface area contributed by atoms with E-state index in [4.69, 9.17) is 4.74 Å². The van der Waals surface area contributed by atoms with Crippen molar-refractivity contribution < 1.29 is 14.3 Å². The van der Waals surface area contributed by atoms with Crippen molar-refractivity contribution in [2.24, 2.45) is 0 Å². The second kappa shape index (κ2) is 9.97. The van der Waals surface area contributed by atoms with E-state index in [1.807, 2.05) is 19.9 Å². The SMILES string of the molecule is CCCNC(=O)c1ccccc1NC(=O)c1cc(Br)ccc1OCCC. The van der Waals surface area contributed by atoms with Gasteiger partial charge in [-0.1, -0.05) is 41.9 Å². The van der Waals surface area contributed by atoms with E-state index in [2.05, 4.69) is 26.6 Å². The first-order valence-electron chi connectivity index (χ1n) is 8.67. The highest BCUT2D eigenvalue weighted by Crippen LogP contribution is 2.25. The van der Waals surface area contributed by atoms with Crippen molar-refractivity contribution in [1.29, 1.82) is 0 Å². The molecule has 0 unspecified atom stereocenters. The summed E-state index contributed by atoms with van der Waals surface area (Å²) in [6, 6.07) is 12.2. The predicted molar refractivity (Wildman–Crippen MR) is 107 cm³/mol. The highest BCUT2D eigenvalue weighted by molar-refractivity contribution is 9.10. The van der Waals surface area contributed by atoms with Gasteiger partial charge in [0.05, 0.1) is 23.4 Å². The summed E-state index contributed by atoms with van der Waals surface area (Å²) in [5.74, 6) is -0.0203. The molecule has 138 valence electrons. The second-order valence-electron chi connectivity index (χ2n) is 5.74. The van der Waals surface area contributed by atoms with Crippen LogP contribution in [0.15, 0.2) is 46.9 Å². The van der Waals surface area contributed by atoms with Crippen LogP contribution in [-0.2, 0) is 0 Å². The Labute approximate surface area is 162 Å². The molecule has 0 bridgehead atoms. The molecule has 2 rings (SSSR count). The van der Waals surface area contributed by atoms with Crippen LogP contribution in [0.1, 0.15) is 47.4 Å². The van der Waals surface area contributed by atoms with Crippen LogP contribution in [0.5, 0.6) is 5.75 Å². The number of amides is 2. The Bertz CT molecular complexity index is 777. The molecule has 0 aliphatic heterocycles. The van der Waals surface area contributed by atoms with E-state index < -0.39 is 0 Å². The van der Waals surface area contributed by atoms with E-state index in [9.17, 15) is 9.59 Å². The Kier molecular flexibility index (Phi) is 7.66. The standard InChI is InChI=1S/C20H23BrN2O3/c1-3-11-22-19(24)15-7-5-6-8-17(15)23-20(25)16-13-14(21)9-10-18(16)26-12-4-2/h5-10,13H,3-4,11-12H2,1-2H3,(H,22,24)(H,23,25). The zero-order valence-corrected chi connectivity index (χ0v) is 16.6. The van der Waals surface area contributed by atoms with Crippen LogP contribution >= 0.6 is 15.9 Å². The molecule has 2 N–H and O–H groups in total. The minimum absolute atomic E-state index is 0.209. The summed E-state index contributed by atoms with van der Waals surface area (Å²) < 4.78 is 6.45. The number of para-hydroxylation sites is 1. The van der Waals surface area contributed by atoms with Crippen molar-refractivity contribution in [2.45, 2.75) is 26.7 Å². The number of carbonyl (C=O) groups excluding carboxylic acids is 2. The summed E-state index contributed by atoms with van der Waals surface area (Å²) >= 11 is 3.38. The number of rotatable bonds is 8. The van der Waals surface area contributed by atoms with Crippen molar-refractivity contribution >= 4 is 33.4 Å². The molecule has 0 atom stereocenters. The average molecular weight is 419 g/mol. The Hall–Kier alpha value is -2.34. The lowest BCUT2D eigenvalue weighted by Crippen LogP contribution is -2.26. The molecule has 2 aromatic rings. The molecule has 2 amide bonds. The van der Waals surface area contributed by atoms with Crippen molar-refractivity contribution in [3.63, 3.8) is 0 Å². The quantitative estimate of drug-likeness (QED) is 0.656. The van der Waals surface area contributed by atoms with Gasteiger partial charge in [0.2, 0.25) is 0 Å². The number of anilines is 1. The van der Waals surface area contributed by atoms with E-state index in [1.165, 1.54) is 0 Å². The van der Waals surface area contributed by atoms with E-state index in [0.29, 0.717) is 35.7 Å². The molecule has 26 heavy (non-hydrogen) atoms. The van der Waals surface area contributed by atoms with E-state index in [-0.39, 0.29) is 11.8 Å². The highest BCUT2D eigenvalue weighted by atomic mass is 79.9. The molecule has 0 aliphatic rings. The lowest BCUT2D eigenvalue weighted by Gasteiger charge is -2.14. The lowest BCUT2D eigenvalue weighted by molar-refractivity contribution is 0.0954. The zero-order chi connectivity index (χ0) is 18.9. The maximum atomic E-state index is 12.8. The fourth-order valence-corrected chi connectivity index (χ4v) is 2.69. The summed E-state index contributed by atoms with van der Waals surface area (Å²) in [6.45, 7) is 5.10. The number of halogens is 1. The Balaban J connectivity index is 2.25. The molecular weight excluding hydrogens is 396 g/mol. The van der Waals surface area contributed by atoms with E-state index >= 15 is 0 Å². The molecular formula is C20H23BrN2O3. The van der Waals surface area contributed by atoms with Gasteiger partial charge >= 0.3 is 0 Å². The summed E-state index contributed by atoms with van der Waals surface area (Å²) in [7, 11) is 0. The third-order valence-corrected chi connectivity index (χ3v) is 4.10. The van der Waals surface area contributed by atoms with Crippen LogP contribution in [0.2, 0.25) is 0 Å². The van der Waals surface area contributed by atoms with Crippen LogP contribution in [0, 0.1) is 0 Å². The first-order valence-corrected chi connectivity index (χ1v) is 9.47. The molecule has 5 nitrogen and oxygen atoms in total. The highest BCUT2D eigenvalue weighted by Gasteiger charge is 2.17. The van der Waals surface area contributed by atoms with Gasteiger partial charge in [-0.05, 0) is 43.2 Å². The van der Waals surface area contributed by atoms with Crippen molar-refractivity contribution in [2.75, 3.05) is 18.5 Å². The van der Waals surface area contributed by atoms with Crippen LogP contribution in [0.25, 0.3) is 0 Å². The third kappa shape index (κ3) is 5.33. The maximum Gasteiger partial charge on any atom is 0.259 e. The van der Waals surface area contributed by atoms with Gasteiger partial charge in [0.15, 0.2) is 0 Å². The number of hydrogen-bond donors (Lipinski definition) is 2. The molecule has 0 saturated heterocycles. The number of carbonyl (C=O) groups is 2. The van der Waals surface area contributed by atoms with Gasteiger partial charge in [-0.3, -0.25) is 9.59 Å². The van der Waals surface area contributed by atoms with Gasteiger partial charge in [-0.2, -0.15) is 0 Å². The normalized spacial score (nSPS) is 10.3. The van der Waals surface area contributed by atoms with Gasteiger partial charge in [0.1, 0.15) is 5.75 Å². The Morgan fingerprint density at radius 1 is 1.00 bits per heavy atom. The Morgan fingerprint density at radius 2 is 1.77 bits per heavy atom. The van der Waals surface area contributed by atoms with Crippen molar-refractivity contribution in [3.05, 3.63) is 58.1 Å². The van der Waals surface area contributed by atoms with Gasteiger partial charge in [0.25, 0.3) is 11.8 Å². The summed E-state index contributed by atoms with van der Waals surface area (Å²) in [4.78, 5) is 25.1. The lowest BCUT2D eigenvalue weighted by atomic mass is 10.1. The largest absolute Gasteiger partial charge is 0.493 e. The van der Waals surface area contributed by atoms with Crippen molar-refractivity contribution in [3.8, 4) is 5.75 Å². The van der Waals surface area contributed by atoms with Crippen LogP contribution in [0.4, 0.5) is 5.69 Å². The minimum Gasteiger partial charge on any atom is -0.493 e. The van der Waals surface area contributed by atoms with Crippen LogP contribution in [0.3, 0.4) is 0 Å². The first-order chi connectivity index (χ1) is 12.6. The fourth-order valence-electron chi connectivity index (χ4n) is 2.33. The molecule has 0 aromatic heterocycles. The molecule has 6 heteroatoms. The zero-order valence-electron chi connectivity index (χ0n) is 15.0. The minimum atomic E-state index is -0.326. The number of benzene rings is 2. The van der Waals surface area contributed by atoms with Gasteiger partial charge in [0, 0.05) is 11.0 Å². The topological polar surface area (TPSA) is 67.4 Å². The summed E-state index contributed by atoms with van der Waals surface area (Å²) in [6.07, 6.45) is 1.69. The van der Waals surface area contributed by atoms with Gasteiger partial charge in [-0.15, -0.1) is 0 Å². The maximum absolute atomic E-state index is 12.8. The fraction of sp³-hybridized carbons (Fsp3) is 0.300. The summed E-state index contributed by atoms with van der Waals surface area (Å²) in [5.41, 5.74) is 1.31. The smallest absolute Gasteiger partial charge is 0.259 e. The van der Waals surface area contributed by atoms with Crippen LogP contribution in [-0.4, -0.2) is 25.0 Å². The molecule has 0 heterocycles. The molecule has 0 saturated carbocycles. The van der Waals surface area contributed by atoms with Crippen LogP contribution < -0.4 is 15.4 Å². The van der Waals surface area contributed by atoms with Gasteiger partial charge < -0.3 is 15.4 Å². The molecule has 2 aromatic carbocycles. The number of nitrogens with one attached hydrogen (secondary N) is 2. The van der Waals surface area contributed by atoms with Gasteiger partial charge in [-0.25, -0.2) is 0 Å². The van der Waals surface area contributed by atoms with Crippen molar-refractivity contribution in [1.82, 2.24) is 5.32 Å². The molecule has 0 fully saturated rings. The molecule has 0 radical (unpaired) electrons. The number of ether oxygens (including phenoxy) is 1. The average Bonchev–Trinajstić information content (AvgIpc) is 2.65. The summed E-state index contributed by atoms with van der Waals surface area (Å²) in [5, 5.41) is 5.66.